The van der Waals surface area contributed by atoms with E-state index in [9.17, 15) is 0 Å². The van der Waals surface area contributed by atoms with Gasteiger partial charge in [0.15, 0.2) is 0 Å². The summed E-state index contributed by atoms with van der Waals surface area (Å²) < 4.78 is 0. The molecule has 5 N–H and O–H groups in total. The van der Waals surface area contributed by atoms with Gasteiger partial charge in [-0.15, -0.1) is 12.6 Å². The number of allylic oxidation sites excluding steroid dienone is 2. The van der Waals surface area contributed by atoms with Crippen molar-refractivity contribution in [3.8, 4) is 0 Å². The van der Waals surface area contributed by atoms with E-state index in [4.69, 9.17) is 30.0 Å². The maximum Gasteiger partial charge on any atom is 0.103 e. The largest absolute Gasteiger partial charge is 0.368 e. The minimum absolute atomic E-state index is 0.527. The van der Waals surface area contributed by atoms with E-state index >= 15 is 0 Å². The third-order valence-corrected chi connectivity index (χ3v) is 6.43. The molecule has 0 aromatic heterocycles. The molecule has 0 radical (unpaired) electrons. The van der Waals surface area contributed by atoms with Crippen molar-refractivity contribution < 1.29 is 0 Å². The van der Waals surface area contributed by atoms with Crippen LogP contribution < -0.4 is 21.7 Å². The quantitative estimate of drug-likeness (QED) is 0.415. The van der Waals surface area contributed by atoms with Crippen molar-refractivity contribution in [1.82, 2.24) is 16.0 Å². The van der Waals surface area contributed by atoms with Crippen LogP contribution >= 0.6 is 24.2 Å². The van der Waals surface area contributed by atoms with Crippen LogP contribution in [0.1, 0.15) is 42.4 Å². The van der Waals surface area contributed by atoms with Crippen LogP contribution in [0.15, 0.2) is 46.8 Å². The number of benzene rings is 1. The first-order valence-corrected chi connectivity index (χ1v) is 10.9. The van der Waals surface area contributed by atoms with Gasteiger partial charge in [0.05, 0.1) is 0 Å². The molecule has 2 aliphatic rings. The molecule has 1 aliphatic heterocycles. The fourth-order valence-corrected chi connectivity index (χ4v) is 4.48. The van der Waals surface area contributed by atoms with E-state index < -0.39 is 0 Å². The van der Waals surface area contributed by atoms with Gasteiger partial charge in [0.1, 0.15) is 5.82 Å². The van der Waals surface area contributed by atoms with Gasteiger partial charge in [-0.1, -0.05) is 36.6 Å². The molecule has 0 bridgehead atoms. The molecule has 152 valence electrons. The Hall–Kier alpha value is -1.40. The molecule has 28 heavy (non-hydrogen) atoms. The van der Waals surface area contributed by atoms with Gasteiger partial charge in [-0.25, -0.2) is 0 Å². The van der Waals surface area contributed by atoms with Gasteiger partial charge in [0.25, 0.3) is 0 Å². The van der Waals surface area contributed by atoms with Crippen LogP contribution in [-0.4, -0.2) is 19.1 Å². The standard InChI is InChI=1S/C22H31ClN4S/c1-15-17(11-16-7-8-21(27-13-16)25-10-4-9-24)12-20(28)19(22(15)23)14-26-18-5-2-3-6-18/h4,7-8,10,12,18,25-28H,2-3,5-6,9,11,13-14,24H2,1H3/b10-4-. The predicted molar refractivity (Wildman–Crippen MR) is 122 cm³/mol. The van der Waals surface area contributed by atoms with Gasteiger partial charge in [-0.05, 0) is 66.8 Å². The molecule has 0 atom stereocenters. The van der Waals surface area contributed by atoms with Gasteiger partial charge >= 0.3 is 0 Å². The molecule has 3 rings (SSSR count). The van der Waals surface area contributed by atoms with Crippen molar-refractivity contribution >= 4 is 24.2 Å². The first-order chi connectivity index (χ1) is 13.6. The number of hydrogen-bond donors (Lipinski definition) is 5. The molecule has 0 saturated heterocycles. The van der Waals surface area contributed by atoms with Crippen LogP contribution in [0.25, 0.3) is 0 Å². The maximum atomic E-state index is 6.74. The van der Waals surface area contributed by atoms with Crippen molar-refractivity contribution in [1.29, 1.82) is 0 Å². The maximum absolute atomic E-state index is 6.74. The molecule has 0 spiro atoms. The highest BCUT2D eigenvalue weighted by atomic mass is 35.5. The van der Waals surface area contributed by atoms with E-state index in [1.807, 2.05) is 12.3 Å². The van der Waals surface area contributed by atoms with Crippen LogP contribution in [0.4, 0.5) is 0 Å². The van der Waals surface area contributed by atoms with E-state index in [1.54, 1.807) is 0 Å². The highest BCUT2D eigenvalue weighted by Crippen LogP contribution is 2.32. The first-order valence-electron chi connectivity index (χ1n) is 10.1. The molecule has 1 aromatic rings. The second-order valence-corrected chi connectivity index (χ2v) is 8.41. The number of rotatable bonds is 8. The van der Waals surface area contributed by atoms with Gasteiger partial charge in [-0.2, -0.15) is 0 Å². The number of hydrogen-bond acceptors (Lipinski definition) is 5. The highest BCUT2D eigenvalue weighted by molar-refractivity contribution is 7.80. The third kappa shape index (κ3) is 5.57. The average Bonchev–Trinajstić information content (AvgIpc) is 3.21. The molecule has 0 amide bonds. The molecule has 0 unspecified atom stereocenters. The van der Waals surface area contributed by atoms with Crippen molar-refractivity contribution in [3.63, 3.8) is 0 Å². The van der Waals surface area contributed by atoms with E-state index in [1.165, 1.54) is 36.8 Å². The van der Waals surface area contributed by atoms with Crippen LogP contribution in [0.3, 0.4) is 0 Å². The number of nitrogens with two attached hydrogens (primary N) is 1. The van der Waals surface area contributed by atoms with Gasteiger partial charge in [0.2, 0.25) is 0 Å². The van der Waals surface area contributed by atoms with Gasteiger partial charge in [-0.3, -0.25) is 0 Å². The Kier molecular flexibility index (Phi) is 7.91. The molecular formula is C22H31ClN4S. The van der Waals surface area contributed by atoms with Gasteiger partial charge in [0, 0.05) is 35.6 Å². The molecule has 4 nitrogen and oxygen atoms in total. The lowest BCUT2D eigenvalue weighted by Crippen LogP contribution is -2.28. The monoisotopic (exact) mass is 418 g/mol. The number of thiol groups is 1. The normalized spacial score (nSPS) is 17.6. The second-order valence-electron chi connectivity index (χ2n) is 7.55. The van der Waals surface area contributed by atoms with Gasteiger partial charge < -0.3 is 21.7 Å². The summed E-state index contributed by atoms with van der Waals surface area (Å²) in [6.45, 7) is 4.24. The molecular weight excluding hydrogens is 388 g/mol. The minimum Gasteiger partial charge on any atom is -0.368 e. The molecule has 1 aromatic carbocycles. The molecule has 1 saturated carbocycles. The highest BCUT2D eigenvalue weighted by Gasteiger charge is 2.18. The summed E-state index contributed by atoms with van der Waals surface area (Å²) >= 11 is 11.5. The number of nitrogens with one attached hydrogen (secondary N) is 3. The zero-order valence-corrected chi connectivity index (χ0v) is 18.2. The first kappa shape index (κ1) is 21.3. The predicted octanol–water partition coefficient (Wildman–Crippen LogP) is 3.94. The van der Waals surface area contributed by atoms with Crippen molar-refractivity contribution in [2.24, 2.45) is 5.73 Å². The topological polar surface area (TPSA) is 62.1 Å². The fraction of sp³-hybridized carbons (Fsp3) is 0.455. The van der Waals surface area contributed by atoms with Crippen molar-refractivity contribution in [2.75, 3.05) is 13.1 Å². The summed E-state index contributed by atoms with van der Waals surface area (Å²) in [5, 5.41) is 11.1. The van der Waals surface area contributed by atoms with Crippen LogP contribution in [-0.2, 0) is 13.0 Å². The van der Waals surface area contributed by atoms with E-state index in [0.29, 0.717) is 12.6 Å². The summed E-state index contributed by atoms with van der Waals surface area (Å²) in [7, 11) is 0. The smallest absolute Gasteiger partial charge is 0.103 e. The lowest BCUT2D eigenvalue weighted by Gasteiger charge is -2.20. The Morgan fingerprint density at radius 3 is 2.79 bits per heavy atom. The van der Waals surface area contributed by atoms with Crippen LogP contribution in [0.5, 0.6) is 0 Å². The SMILES string of the molecule is Cc1c(CC2=CC=C(N/C=C\CN)NC2)cc(S)c(CNC2CCCC2)c1Cl. The molecule has 6 heteroatoms. The summed E-state index contributed by atoms with van der Waals surface area (Å²) in [6, 6.07) is 2.80. The lowest BCUT2D eigenvalue weighted by molar-refractivity contribution is 0.521. The lowest BCUT2D eigenvalue weighted by atomic mass is 9.97. The number of dihydropyridines is 1. The van der Waals surface area contributed by atoms with Crippen molar-refractivity contribution in [3.05, 3.63) is 63.6 Å². The Morgan fingerprint density at radius 2 is 2.11 bits per heavy atom. The Balaban J connectivity index is 1.66. The Bertz CT molecular complexity index is 779. The summed E-state index contributed by atoms with van der Waals surface area (Å²) in [4.78, 5) is 0.977. The zero-order valence-electron chi connectivity index (χ0n) is 16.5. The molecule has 1 heterocycles. The fourth-order valence-electron chi connectivity index (χ4n) is 3.78. The van der Waals surface area contributed by atoms with Crippen molar-refractivity contribution in [2.45, 2.75) is 56.5 Å². The second kappa shape index (κ2) is 10.4. The zero-order chi connectivity index (χ0) is 19.9. The molecule has 1 fully saturated rings. The van der Waals surface area contributed by atoms with E-state index in [2.05, 4.69) is 41.1 Å². The number of halogens is 1. The minimum atomic E-state index is 0.527. The van der Waals surface area contributed by atoms with Crippen LogP contribution in [0.2, 0.25) is 5.02 Å². The van der Waals surface area contributed by atoms with E-state index in [-0.39, 0.29) is 0 Å². The Morgan fingerprint density at radius 1 is 1.32 bits per heavy atom. The molecule has 1 aliphatic carbocycles. The Labute approximate surface area is 179 Å². The van der Waals surface area contributed by atoms with Crippen LogP contribution in [0, 0.1) is 6.92 Å². The summed E-state index contributed by atoms with van der Waals surface area (Å²) in [6.07, 6.45) is 14.0. The van der Waals surface area contributed by atoms with E-state index in [0.717, 1.165) is 46.4 Å². The summed E-state index contributed by atoms with van der Waals surface area (Å²) in [5.74, 6) is 0.978. The average molecular weight is 419 g/mol. The third-order valence-electron chi connectivity index (χ3n) is 5.52. The summed E-state index contributed by atoms with van der Waals surface area (Å²) in [5.41, 5.74) is 10.3.